The van der Waals surface area contributed by atoms with Gasteiger partial charge in [-0.3, -0.25) is 13.9 Å². The first kappa shape index (κ1) is 32.9. The fraction of sp³-hybridized carbons (Fsp3) is 0.235. The Morgan fingerprint density at radius 3 is 1.95 bits per heavy atom. The number of carbonyl (C=O) groups is 2. The van der Waals surface area contributed by atoms with Gasteiger partial charge in [0.25, 0.3) is 10.0 Å². The molecule has 7 nitrogen and oxygen atoms in total. The molecule has 230 valence electrons. The van der Waals surface area contributed by atoms with Gasteiger partial charge in [0.15, 0.2) is 0 Å². The summed E-state index contributed by atoms with van der Waals surface area (Å²) in [6, 6.07) is 28.4. The molecule has 0 unspecified atom stereocenters. The number of anilines is 1. The lowest BCUT2D eigenvalue weighted by Crippen LogP contribution is -2.56. The number of nitrogens with one attached hydrogen (secondary N) is 1. The molecule has 44 heavy (non-hydrogen) atoms. The molecule has 0 saturated carbocycles. The van der Waals surface area contributed by atoms with Crippen molar-refractivity contribution >= 4 is 43.5 Å². The second-order valence-corrected chi connectivity index (χ2v) is 14.2. The lowest BCUT2D eigenvalue weighted by molar-refractivity contribution is -0.140. The Labute approximate surface area is 266 Å². The van der Waals surface area contributed by atoms with E-state index in [0.29, 0.717) is 5.56 Å². The largest absolute Gasteiger partial charge is 0.350 e. The molecule has 0 aliphatic carbocycles. The van der Waals surface area contributed by atoms with Gasteiger partial charge in [-0.2, -0.15) is 0 Å². The van der Waals surface area contributed by atoms with Gasteiger partial charge in [0.1, 0.15) is 18.4 Å². The van der Waals surface area contributed by atoms with Crippen molar-refractivity contribution in [1.29, 1.82) is 0 Å². The van der Waals surface area contributed by atoms with E-state index in [1.807, 2.05) is 51.1 Å². The van der Waals surface area contributed by atoms with E-state index in [4.69, 9.17) is 0 Å². The molecule has 0 spiro atoms. The molecule has 4 aromatic rings. The summed E-state index contributed by atoms with van der Waals surface area (Å²) in [6.07, 6.45) is 0.180. The van der Waals surface area contributed by atoms with Crippen molar-refractivity contribution in [2.24, 2.45) is 0 Å². The molecule has 0 heterocycles. The van der Waals surface area contributed by atoms with Gasteiger partial charge in [0.2, 0.25) is 11.8 Å². The number of sulfonamides is 1. The Kier molecular flexibility index (Phi) is 10.6. The highest BCUT2D eigenvalue weighted by molar-refractivity contribution is 9.10. The number of rotatable bonds is 11. The molecule has 10 heteroatoms. The van der Waals surface area contributed by atoms with Gasteiger partial charge >= 0.3 is 0 Å². The van der Waals surface area contributed by atoms with Crippen LogP contribution in [0.5, 0.6) is 0 Å². The zero-order chi connectivity index (χ0) is 31.9. The molecular weight excluding hydrogens is 645 g/mol. The first-order valence-electron chi connectivity index (χ1n) is 14.1. The van der Waals surface area contributed by atoms with Crippen molar-refractivity contribution < 1.29 is 22.4 Å². The average molecular weight is 681 g/mol. The maximum atomic E-state index is 14.4. The van der Waals surface area contributed by atoms with Gasteiger partial charge in [-0.05, 0) is 80.4 Å². The summed E-state index contributed by atoms with van der Waals surface area (Å²) < 4.78 is 43.5. The third-order valence-electron chi connectivity index (χ3n) is 6.76. The van der Waals surface area contributed by atoms with Crippen molar-refractivity contribution in [2.75, 3.05) is 10.8 Å². The number of hydrogen-bond donors (Lipinski definition) is 1. The summed E-state index contributed by atoms with van der Waals surface area (Å²) in [6.45, 7) is 4.91. The quantitative estimate of drug-likeness (QED) is 0.201. The molecule has 2 amide bonds. The van der Waals surface area contributed by atoms with Crippen LogP contribution in [0.25, 0.3) is 0 Å². The van der Waals surface area contributed by atoms with Gasteiger partial charge in [-0.25, -0.2) is 12.8 Å². The monoisotopic (exact) mass is 679 g/mol. The Bertz CT molecular complexity index is 1660. The molecule has 0 bridgehead atoms. The number of benzene rings is 4. The van der Waals surface area contributed by atoms with E-state index in [2.05, 4.69) is 21.2 Å². The average Bonchev–Trinajstić information content (AvgIpc) is 2.99. The van der Waals surface area contributed by atoms with E-state index >= 15 is 0 Å². The summed E-state index contributed by atoms with van der Waals surface area (Å²) in [5.74, 6) is -1.42. The predicted molar refractivity (Wildman–Crippen MR) is 174 cm³/mol. The van der Waals surface area contributed by atoms with Gasteiger partial charge in [0, 0.05) is 23.0 Å². The standard InChI is InChI=1S/C34H35BrFN3O4S/c1-34(2,3)37-33(41)31(22-25-10-6-4-7-11-25)38(23-26-14-18-28(36)19-15-26)32(40)24-39(29-20-16-27(35)17-21-29)44(42,43)30-12-8-5-9-13-30/h4-21,31H,22-24H2,1-3H3,(H,37,41)/t31-/m0/s1. The van der Waals surface area contributed by atoms with Gasteiger partial charge in [0.05, 0.1) is 10.6 Å². The Balaban J connectivity index is 1.80. The number of carbonyl (C=O) groups excluding carboxylic acids is 2. The maximum Gasteiger partial charge on any atom is 0.264 e. The SMILES string of the molecule is CC(C)(C)NC(=O)[C@H](Cc1ccccc1)N(Cc1ccc(F)cc1)C(=O)CN(c1ccc(Br)cc1)S(=O)(=O)c1ccccc1. The zero-order valence-corrected chi connectivity index (χ0v) is 27.2. The van der Waals surface area contributed by atoms with Crippen molar-refractivity contribution in [1.82, 2.24) is 10.2 Å². The Hall–Kier alpha value is -4.02. The fourth-order valence-corrected chi connectivity index (χ4v) is 6.35. The molecule has 0 aliphatic rings. The minimum Gasteiger partial charge on any atom is -0.350 e. The van der Waals surface area contributed by atoms with Crippen LogP contribution in [-0.2, 0) is 32.6 Å². The van der Waals surface area contributed by atoms with E-state index < -0.39 is 45.8 Å². The van der Waals surface area contributed by atoms with Crippen molar-refractivity contribution in [3.63, 3.8) is 0 Å². The van der Waals surface area contributed by atoms with E-state index in [-0.39, 0.29) is 23.5 Å². The molecule has 4 aromatic carbocycles. The molecular formula is C34H35BrFN3O4S. The first-order valence-corrected chi connectivity index (χ1v) is 16.3. The number of amides is 2. The second kappa shape index (κ2) is 14.2. The first-order chi connectivity index (χ1) is 20.8. The summed E-state index contributed by atoms with van der Waals surface area (Å²) >= 11 is 3.38. The van der Waals surface area contributed by atoms with Crippen LogP contribution in [0.1, 0.15) is 31.9 Å². The van der Waals surface area contributed by atoms with Gasteiger partial charge in [-0.1, -0.05) is 76.6 Å². The van der Waals surface area contributed by atoms with Crippen molar-refractivity contribution in [3.05, 3.63) is 131 Å². The minimum atomic E-state index is -4.19. The van der Waals surface area contributed by atoms with Crippen molar-refractivity contribution in [2.45, 2.75) is 50.2 Å². The van der Waals surface area contributed by atoms with Gasteiger partial charge in [-0.15, -0.1) is 0 Å². The Morgan fingerprint density at radius 1 is 0.818 bits per heavy atom. The zero-order valence-electron chi connectivity index (χ0n) is 24.8. The lowest BCUT2D eigenvalue weighted by atomic mass is 10.0. The van der Waals surface area contributed by atoms with Crippen LogP contribution >= 0.6 is 15.9 Å². The van der Waals surface area contributed by atoms with E-state index in [1.165, 1.54) is 29.2 Å². The van der Waals surface area contributed by atoms with Crippen LogP contribution in [0.2, 0.25) is 0 Å². The summed E-state index contributed by atoms with van der Waals surface area (Å²) in [5, 5.41) is 2.99. The van der Waals surface area contributed by atoms with E-state index in [0.717, 1.165) is 14.3 Å². The molecule has 0 aliphatic heterocycles. The van der Waals surface area contributed by atoms with E-state index in [9.17, 15) is 22.4 Å². The molecule has 1 atom stereocenters. The number of halogens is 2. The molecule has 4 rings (SSSR count). The molecule has 1 N–H and O–H groups in total. The molecule has 0 radical (unpaired) electrons. The highest BCUT2D eigenvalue weighted by Gasteiger charge is 2.35. The number of hydrogen-bond acceptors (Lipinski definition) is 4. The van der Waals surface area contributed by atoms with Crippen LogP contribution < -0.4 is 9.62 Å². The highest BCUT2D eigenvalue weighted by Crippen LogP contribution is 2.26. The van der Waals surface area contributed by atoms with Crippen LogP contribution in [0.15, 0.2) is 119 Å². The summed E-state index contributed by atoms with van der Waals surface area (Å²) in [4.78, 5) is 29.7. The molecule has 0 aromatic heterocycles. The normalized spacial score (nSPS) is 12.3. The van der Waals surface area contributed by atoms with E-state index in [1.54, 1.807) is 54.6 Å². The maximum absolute atomic E-state index is 14.4. The summed E-state index contributed by atoms with van der Waals surface area (Å²) in [5.41, 5.74) is 1.09. The fourth-order valence-electron chi connectivity index (χ4n) is 4.65. The van der Waals surface area contributed by atoms with Gasteiger partial charge < -0.3 is 10.2 Å². The molecule has 0 fully saturated rings. The Morgan fingerprint density at radius 2 is 1.39 bits per heavy atom. The van der Waals surface area contributed by atoms with Crippen LogP contribution in [0, 0.1) is 5.82 Å². The predicted octanol–water partition coefficient (Wildman–Crippen LogP) is 6.34. The highest BCUT2D eigenvalue weighted by atomic mass is 79.9. The van der Waals surface area contributed by atoms with Crippen molar-refractivity contribution in [3.8, 4) is 0 Å². The number of nitrogens with zero attached hydrogens (tertiary/aromatic N) is 2. The van der Waals surface area contributed by atoms with Crippen LogP contribution in [0.3, 0.4) is 0 Å². The topological polar surface area (TPSA) is 86.8 Å². The third-order valence-corrected chi connectivity index (χ3v) is 9.08. The third kappa shape index (κ3) is 8.76. The lowest BCUT2D eigenvalue weighted by Gasteiger charge is -2.35. The van der Waals surface area contributed by atoms with Crippen LogP contribution in [-0.4, -0.2) is 43.3 Å². The van der Waals surface area contributed by atoms with Crippen LogP contribution in [0.4, 0.5) is 10.1 Å². The summed E-state index contributed by atoms with van der Waals surface area (Å²) in [7, 11) is -4.19. The second-order valence-electron chi connectivity index (χ2n) is 11.4. The molecule has 0 saturated heterocycles. The smallest absolute Gasteiger partial charge is 0.264 e. The minimum absolute atomic E-state index is 0.0205.